The summed E-state index contributed by atoms with van der Waals surface area (Å²) in [6.07, 6.45) is -4.42. The van der Waals surface area contributed by atoms with Crippen molar-refractivity contribution in [2.24, 2.45) is 0 Å². The zero-order chi connectivity index (χ0) is 14.0. The zero-order valence-corrected chi connectivity index (χ0v) is 10.2. The molecule has 1 aliphatic heterocycles. The Bertz CT molecular complexity index is 476. The van der Waals surface area contributed by atoms with Crippen LogP contribution in [-0.2, 0) is 4.79 Å². The van der Waals surface area contributed by atoms with Crippen molar-refractivity contribution in [3.63, 3.8) is 0 Å². The van der Waals surface area contributed by atoms with E-state index in [-0.39, 0.29) is 12.2 Å². The third-order valence-electron chi connectivity index (χ3n) is 2.96. The fourth-order valence-electron chi connectivity index (χ4n) is 2.05. The van der Waals surface area contributed by atoms with Crippen LogP contribution < -0.4 is 15.0 Å². The van der Waals surface area contributed by atoms with Crippen molar-refractivity contribution < 1.29 is 22.7 Å². The predicted octanol–water partition coefficient (Wildman–Crippen LogP) is 1.56. The van der Waals surface area contributed by atoms with Gasteiger partial charge in [-0.3, -0.25) is 4.79 Å². The van der Waals surface area contributed by atoms with Crippen LogP contribution in [0.1, 0.15) is 0 Å². The molecule has 0 spiro atoms. The molecule has 1 amide bonds. The van der Waals surface area contributed by atoms with Crippen LogP contribution in [0, 0.1) is 0 Å². The van der Waals surface area contributed by atoms with Crippen molar-refractivity contribution >= 4 is 11.6 Å². The number of alkyl halides is 3. The minimum atomic E-state index is -4.42. The normalized spacial score (nSPS) is 20.1. The van der Waals surface area contributed by atoms with Crippen molar-refractivity contribution in [2.45, 2.75) is 12.2 Å². The molecule has 0 saturated carbocycles. The Hall–Kier alpha value is -1.92. The maximum Gasteiger partial charge on any atom is 0.410 e. The van der Waals surface area contributed by atoms with Crippen LogP contribution in [0.3, 0.4) is 0 Å². The Labute approximate surface area is 108 Å². The molecule has 1 N–H and O–H groups in total. The predicted molar refractivity (Wildman–Crippen MR) is 63.2 cm³/mol. The molecule has 104 valence electrons. The van der Waals surface area contributed by atoms with Crippen molar-refractivity contribution in [1.29, 1.82) is 0 Å². The van der Waals surface area contributed by atoms with E-state index in [1.807, 2.05) is 0 Å². The number of carbonyl (C=O) groups is 1. The summed E-state index contributed by atoms with van der Waals surface area (Å²) >= 11 is 0. The summed E-state index contributed by atoms with van der Waals surface area (Å²) in [5, 5.41) is 2.23. The van der Waals surface area contributed by atoms with Gasteiger partial charge in [0.05, 0.1) is 19.3 Å². The third-order valence-corrected chi connectivity index (χ3v) is 2.96. The summed E-state index contributed by atoms with van der Waals surface area (Å²) < 4.78 is 44.1. The van der Waals surface area contributed by atoms with Gasteiger partial charge in [0, 0.05) is 6.54 Å². The third kappa shape index (κ3) is 2.74. The van der Waals surface area contributed by atoms with Gasteiger partial charge in [0.15, 0.2) is 0 Å². The molecule has 1 aromatic carbocycles. The van der Waals surface area contributed by atoms with Crippen molar-refractivity contribution in [1.82, 2.24) is 5.32 Å². The number of hydrogen-bond donors (Lipinski definition) is 1. The molecule has 1 heterocycles. The number of rotatable bonds is 2. The summed E-state index contributed by atoms with van der Waals surface area (Å²) in [5.41, 5.74) is 0.266. The second-order valence-corrected chi connectivity index (χ2v) is 4.16. The molecule has 0 radical (unpaired) electrons. The highest BCUT2D eigenvalue weighted by Gasteiger charge is 2.46. The lowest BCUT2D eigenvalue weighted by Crippen LogP contribution is -2.60. The second-order valence-electron chi connectivity index (χ2n) is 4.16. The monoisotopic (exact) mass is 274 g/mol. The lowest BCUT2D eigenvalue weighted by molar-refractivity contribution is -0.153. The summed E-state index contributed by atoms with van der Waals surface area (Å²) in [4.78, 5) is 12.4. The van der Waals surface area contributed by atoms with E-state index >= 15 is 0 Å². The molecule has 0 aromatic heterocycles. The number of benzene rings is 1. The number of nitrogens with one attached hydrogen (secondary N) is 1. The van der Waals surface area contributed by atoms with Crippen LogP contribution in [0.25, 0.3) is 0 Å². The summed E-state index contributed by atoms with van der Waals surface area (Å²) in [6, 6.07) is 4.60. The molecule has 1 aliphatic rings. The van der Waals surface area contributed by atoms with Gasteiger partial charge in [-0.1, -0.05) is 12.1 Å². The summed E-state index contributed by atoms with van der Waals surface area (Å²) in [5.74, 6) is -0.127. The first-order valence-electron chi connectivity index (χ1n) is 5.66. The minimum Gasteiger partial charge on any atom is -0.495 e. The average molecular weight is 274 g/mol. The van der Waals surface area contributed by atoms with Crippen molar-refractivity contribution in [2.75, 3.05) is 25.1 Å². The van der Waals surface area contributed by atoms with Gasteiger partial charge in [-0.05, 0) is 12.1 Å². The maximum absolute atomic E-state index is 13.0. The molecule has 1 unspecified atom stereocenters. The van der Waals surface area contributed by atoms with Gasteiger partial charge < -0.3 is 15.0 Å². The van der Waals surface area contributed by atoms with Gasteiger partial charge >= 0.3 is 6.18 Å². The smallest absolute Gasteiger partial charge is 0.410 e. The Kier molecular flexibility index (Phi) is 3.55. The molecular weight excluding hydrogens is 261 g/mol. The molecular formula is C12H13F3N2O2. The number of piperazine rings is 1. The van der Waals surface area contributed by atoms with Crippen LogP contribution in [0.4, 0.5) is 18.9 Å². The van der Waals surface area contributed by atoms with E-state index in [0.717, 1.165) is 4.90 Å². The fraction of sp³-hybridized carbons (Fsp3) is 0.417. The van der Waals surface area contributed by atoms with Crippen molar-refractivity contribution in [3.8, 4) is 5.75 Å². The fourth-order valence-corrected chi connectivity index (χ4v) is 2.05. The molecule has 1 atom stereocenters. The molecule has 4 nitrogen and oxygen atoms in total. The highest BCUT2D eigenvalue weighted by molar-refractivity contribution is 5.84. The van der Waals surface area contributed by atoms with E-state index in [1.165, 1.54) is 13.2 Å². The van der Waals surface area contributed by atoms with Gasteiger partial charge in [0.1, 0.15) is 11.8 Å². The van der Waals surface area contributed by atoms with E-state index in [0.29, 0.717) is 5.75 Å². The van der Waals surface area contributed by atoms with E-state index in [1.54, 1.807) is 18.2 Å². The van der Waals surface area contributed by atoms with Crippen LogP contribution in [-0.4, -0.2) is 38.3 Å². The van der Waals surface area contributed by atoms with Crippen LogP contribution in [0.15, 0.2) is 24.3 Å². The number of methoxy groups -OCH3 is 1. The Morgan fingerprint density at radius 2 is 2.05 bits per heavy atom. The van der Waals surface area contributed by atoms with E-state index in [2.05, 4.69) is 5.32 Å². The number of anilines is 1. The molecule has 1 saturated heterocycles. The van der Waals surface area contributed by atoms with E-state index in [4.69, 9.17) is 4.74 Å². The molecule has 1 fully saturated rings. The minimum absolute atomic E-state index is 0.266. The Balaban J connectivity index is 2.39. The molecule has 2 rings (SSSR count). The largest absolute Gasteiger partial charge is 0.495 e. The zero-order valence-electron chi connectivity index (χ0n) is 10.2. The average Bonchev–Trinajstić information content (AvgIpc) is 2.37. The Morgan fingerprint density at radius 3 is 2.68 bits per heavy atom. The van der Waals surface area contributed by atoms with E-state index < -0.39 is 24.7 Å². The van der Waals surface area contributed by atoms with Gasteiger partial charge in [-0.25, -0.2) is 0 Å². The van der Waals surface area contributed by atoms with Crippen LogP contribution in [0.5, 0.6) is 5.75 Å². The lowest BCUT2D eigenvalue weighted by atomic mass is 10.1. The first kappa shape index (κ1) is 13.5. The highest BCUT2D eigenvalue weighted by Crippen LogP contribution is 2.35. The topological polar surface area (TPSA) is 41.6 Å². The van der Waals surface area contributed by atoms with Crippen molar-refractivity contribution in [3.05, 3.63) is 24.3 Å². The second kappa shape index (κ2) is 4.99. The maximum atomic E-state index is 13.0. The number of amides is 1. The number of para-hydroxylation sites is 2. The number of carbonyl (C=O) groups excluding carboxylic acids is 1. The van der Waals surface area contributed by atoms with Gasteiger partial charge in [-0.2, -0.15) is 13.2 Å². The van der Waals surface area contributed by atoms with Gasteiger partial charge in [0.25, 0.3) is 0 Å². The standard InChI is InChI=1S/C12H13F3N2O2/c1-19-9-5-3-2-4-8(9)17-7-11(18)16-6-10(17)12(13,14)15/h2-5,10H,6-7H2,1H3,(H,16,18). The summed E-state index contributed by atoms with van der Waals surface area (Å²) in [7, 11) is 1.38. The molecule has 0 bridgehead atoms. The molecule has 19 heavy (non-hydrogen) atoms. The first-order valence-corrected chi connectivity index (χ1v) is 5.66. The van der Waals surface area contributed by atoms with Gasteiger partial charge in [0.2, 0.25) is 5.91 Å². The molecule has 0 aliphatic carbocycles. The molecule has 7 heteroatoms. The first-order chi connectivity index (χ1) is 8.93. The number of halogens is 3. The number of nitrogens with zero attached hydrogens (tertiary/aromatic N) is 1. The lowest BCUT2D eigenvalue weighted by Gasteiger charge is -2.38. The van der Waals surface area contributed by atoms with Crippen LogP contribution >= 0.6 is 0 Å². The number of hydrogen-bond acceptors (Lipinski definition) is 3. The van der Waals surface area contributed by atoms with Crippen LogP contribution in [0.2, 0.25) is 0 Å². The molecule has 1 aromatic rings. The summed E-state index contributed by atoms with van der Waals surface area (Å²) in [6.45, 7) is -0.801. The van der Waals surface area contributed by atoms with E-state index in [9.17, 15) is 18.0 Å². The highest BCUT2D eigenvalue weighted by atomic mass is 19.4. The Morgan fingerprint density at radius 1 is 1.37 bits per heavy atom. The van der Waals surface area contributed by atoms with Gasteiger partial charge in [-0.15, -0.1) is 0 Å². The SMILES string of the molecule is COc1ccccc1N1CC(=O)NCC1C(F)(F)F. The number of ether oxygens (including phenoxy) is 1. The quantitative estimate of drug-likeness (QED) is 0.890.